The van der Waals surface area contributed by atoms with E-state index >= 15 is 0 Å². The highest BCUT2D eigenvalue weighted by Crippen LogP contribution is 2.20. The first kappa shape index (κ1) is 14.8. The van der Waals surface area contributed by atoms with Gasteiger partial charge < -0.3 is 16.8 Å². The van der Waals surface area contributed by atoms with Crippen molar-refractivity contribution in [1.82, 2.24) is 0 Å². The Morgan fingerprint density at radius 1 is 1.24 bits per heavy atom. The number of halogens is 1. The third-order valence-electron chi connectivity index (χ3n) is 3.17. The quantitative estimate of drug-likeness (QED) is 0.739. The Bertz CT molecular complexity index is 640. The Labute approximate surface area is 123 Å². The van der Waals surface area contributed by atoms with Crippen molar-refractivity contribution < 1.29 is 9.18 Å². The van der Waals surface area contributed by atoms with Crippen LogP contribution in [0.15, 0.2) is 42.5 Å². The Morgan fingerprint density at radius 3 is 2.52 bits per heavy atom. The van der Waals surface area contributed by atoms with Gasteiger partial charge in [0.2, 0.25) is 0 Å². The largest absolute Gasteiger partial charge is 0.399 e. The zero-order chi connectivity index (χ0) is 15.4. The molecule has 0 aromatic heterocycles. The fourth-order valence-electron chi connectivity index (χ4n) is 2.18. The van der Waals surface area contributed by atoms with Gasteiger partial charge in [-0.2, -0.15) is 0 Å². The SMILES string of the molecule is CC(Cc1ccc(F)cc1)Nc1ccc(N)cc1C(N)=O. The number of nitrogens with two attached hydrogens (primary N) is 2. The van der Waals surface area contributed by atoms with Gasteiger partial charge in [0.05, 0.1) is 5.56 Å². The van der Waals surface area contributed by atoms with Gasteiger partial charge in [-0.1, -0.05) is 12.1 Å². The maximum absolute atomic E-state index is 12.9. The van der Waals surface area contributed by atoms with Crippen LogP contribution in [-0.4, -0.2) is 11.9 Å². The first-order chi connectivity index (χ1) is 9.95. The van der Waals surface area contributed by atoms with Crippen molar-refractivity contribution in [2.75, 3.05) is 11.1 Å². The van der Waals surface area contributed by atoms with Gasteiger partial charge in [-0.15, -0.1) is 0 Å². The molecule has 0 aliphatic heterocycles. The van der Waals surface area contributed by atoms with Crippen molar-refractivity contribution in [3.05, 3.63) is 59.4 Å². The van der Waals surface area contributed by atoms with E-state index in [-0.39, 0.29) is 11.9 Å². The van der Waals surface area contributed by atoms with E-state index < -0.39 is 5.91 Å². The molecule has 2 aromatic rings. The molecule has 0 saturated heterocycles. The summed E-state index contributed by atoms with van der Waals surface area (Å²) in [5, 5.41) is 3.23. The molecule has 0 heterocycles. The van der Waals surface area contributed by atoms with Crippen LogP contribution in [0, 0.1) is 5.82 Å². The molecule has 1 unspecified atom stereocenters. The van der Waals surface area contributed by atoms with Crippen molar-refractivity contribution in [2.24, 2.45) is 5.73 Å². The molecule has 0 bridgehead atoms. The average Bonchev–Trinajstić information content (AvgIpc) is 2.43. The molecule has 1 amide bonds. The lowest BCUT2D eigenvalue weighted by Crippen LogP contribution is -2.22. The summed E-state index contributed by atoms with van der Waals surface area (Å²) in [7, 11) is 0. The third kappa shape index (κ3) is 3.95. The minimum atomic E-state index is -0.529. The van der Waals surface area contributed by atoms with Crippen molar-refractivity contribution in [3.63, 3.8) is 0 Å². The fourth-order valence-corrected chi connectivity index (χ4v) is 2.18. The number of hydrogen-bond donors (Lipinski definition) is 3. The van der Waals surface area contributed by atoms with Crippen LogP contribution in [0.4, 0.5) is 15.8 Å². The summed E-state index contributed by atoms with van der Waals surface area (Å²) >= 11 is 0. The second-order valence-corrected chi connectivity index (χ2v) is 5.05. The molecule has 0 spiro atoms. The summed E-state index contributed by atoms with van der Waals surface area (Å²) in [6.07, 6.45) is 0.697. The Morgan fingerprint density at radius 2 is 1.90 bits per heavy atom. The first-order valence-electron chi connectivity index (χ1n) is 6.66. The van der Waals surface area contributed by atoms with Crippen LogP contribution in [0.25, 0.3) is 0 Å². The van der Waals surface area contributed by atoms with E-state index in [2.05, 4.69) is 5.32 Å². The summed E-state index contributed by atoms with van der Waals surface area (Å²) in [4.78, 5) is 11.4. The third-order valence-corrected chi connectivity index (χ3v) is 3.17. The minimum Gasteiger partial charge on any atom is -0.399 e. The van der Waals surface area contributed by atoms with Crippen LogP contribution in [0.1, 0.15) is 22.8 Å². The molecule has 0 radical (unpaired) electrons. The summed E-state index contributed by atoms with van der Waals surface area (Å²) in [6, 6.07) is 11.4. The van der Waals surface area contributed by atoms with E-state index in [1.54, 1.807) is 30.3 Å². The van der Waals surface area contributed by atoms with Crippen LogP contribution >= 0.6 is 0 Å². The summed E-state index contributed by atoms with van der Waals surface area (Å²) in [5.74, 6) is -0.785. The van der Waals surface area contributed by atoms with Crippen LogP contribution in [0.2, 0.25) is 0 Å². The molecule has 4 nitrogen and oxygen atoms in total. The Kier molecular flexibility index (Phi) is 4.42. The fraction of sp³-hybridized carbons (Fsp3) is 0.188. The van der Waals surface area contributed by atoms with Gasteiger partial charge in [0.1, 0.15) is 5.82 Å². The summed E-state index contributed by atoms with van der Waals surface area (Å²) in [5.41, 5.74) is 13.5. The molecule has 2 aromatic carbocycles. The van der Waals surface area contributed by atoms with Crippen LogP contribution in [0.3, 0.4) is 0 Å². The summed E-state index contributed by atoms with van der Waals surface area (Å²) < 4.78 is 12.9. The lowest BCUT2D eigenvalue weighted by atomic mass is 10.1. The van der Waals surface area contributed by atoms with Crippen molar-refractivity contribution in [2.45, 2.75) is 19.4 Å². The predicted octanol–water partition coefficient (Wildman–Crippen LogP) is 2.55. The number of nitrogen functional groups attached to an aromatic ring is 1. The maximum Gasteiger partial charge on any atom is 0.250 e. The van der Waals surface area contributed by atoms with E-state index in [4.69, 9.17) is 11.5 Å². The highest BCUT2D eigenvalue weighted by Gasteiger charge is 2.11. The number of carbonyl (C=O) groups is 1. The van der Waals surface area contributed by atoms with E-state index in [1.165, 1.54) is 12.1 Å². The number of anilines is 2. The first-order valence-corrected chi connectivity index (χ1v) is 6.66. The number of benzene rings is 2. The lowest BCUT2D eigenvalue weighted by molar-refractivity contribution is 0.100. The lowest BCUT2D eigenvalue weighted by Gasteiger charge is -2.17. The maximum atomic E-state index is 12.9. The molecular formula is C16H18FN3O. The van der Waals surface area contributed by atoms with E-state index in [9.17, 15) is 9.18 Å². The summed E-state index contributed by atoms with van der Waals surface area (Å²) in [6.45, 7) is 1.98. The number of nitrogens with one attached hydrogen (secondary N) is 1. The van der Waals surface area contributed by atoms with Gasteiger partial charge in [-0.3, -0.25) is 4.79 Å². The highest BCUT2D eigenvalue weighted by molar-refractivity contribution is 5.99. The van der Waals surface area contributed by atoms with E-state index in [0.29, 0.717) is 23.4 Å². The topological polar surface area (TPSA) is 81.1 Å². The average molecular weight is 287 g/mol. The standard InChI is InChI=1S/C16H18FN3O/c1-10(8-11-2-4-12(17)5-3-11)20-15-7-6-13(18)9-14(15)16(19)21/h2-7,9-10,20H,8,18H2,1H3,(H2,19,21). The van der Waals surface area contributed by atoms with Gasteiger partial charge in [0, 0.05) is 17.4 Å². The van der Waals surface area contributed by atoms with Crippen LogP contribution in [0.5, 0.6) is 0 Å². The van der Waals surface area contributed by atoms with Crippen molar-refractivity contribution in [1.29, 1.82) is 0 Å². The van der Waals surface area contributed by atoms with Gasteiger partial charge in [0.15, 0.2) is 0 Å². The minimum absolute atomic E-state index is 0.0529. The zero-order valence-corrected chi connectivity index (χ0v) is 11.8. The molecule has 110 valence electrons. The molecule has 2 rings (SSSR count). The van der Waals surface area contributed by atoms with Gasteiger partial charge in [-0.05, 0) is 49.2 Å². The monoisotopic (exact) mass is 287 g/mol. The van der Waals surface area contributed by atoms with Crippen molar-refractivity contribution in [3.8, 4) is 0 Å². The number of carbonyl (C=O) groups excluding carboxylic acids is 1. The van der Waals surface area contributed by atoms with E-state index in [1.807, 2.05) is 6.92 Å². The Hall–Kier alpha value is -2.56. The Balaban J connectivity index is 2.10. The van der Waals surface area contributed by atoms with Crippen LogP contribution < -0.4 is 16.8 Å². The number of primary amides is 1. The number of rotatable bonds is 5. The highest BCUT2D eigenvalue weighted by atomic mass is 19.1. The van der Waals surface area contributed by atoms with Crippen LogP contribution in [-0.2, 0) is 6.42 Å². The number of amides is 1. The molecule has 0 aliphatic carbocycles. The van der Waals surface area contributed by atoms with Gasteiger partial charge in [0.25, 0.3) is 5.91 Å². The second-order valence-electron chi connectivity index (χ2n) is 5.05. The molecule has 5 heteroatoms. The van der Waals surface area contributed by atoms with E-state index in [0.717, 1.165) is 5.56 Å². The molecule has 0 fully saturated rings. The molecular weight excluding hydrogens is 269 g/mol. The molecule has 0 aliphatic rings. The molecule has 5 N–H and O–H groups in total. The smallest absolute Gasteiger partial charge is 0.250 e. The molecule has 0 saturated carbocycles. The normalized spacial score (nSPS) is 11.9. The predicted molar refractivity (Wildman–Crippen MR) is 82.6 cm³/mol. The van der Waals surface area contributed by atoms with Gasteiger partial charge >= 0.3 is 0 Å². The zero-order valence-electron chi connectivity index (χ0n) is 11.8. The molecule has 21 heavy (non-hydrogen) atoms. The number of hydrogen-bond acceptors (Lipinski definition) is 3. The van der Waals surface area contributed by atoms with Gasteiger partial charge in [-0.25, -0.2) is 4.39 Å². The second kappa shape index (κ2) is 6.26. The molecule has 1 atom stereocenters. The van der Waals surface area contributed by atoms with Crippen molar-refractivity contribution >= 4 is 17.3 Å².